The quantitative estimate of drug-likeness (QED) is 0.840. The lowest BCUT2D eigenvalue weighted by Crippen LogP contribution is -2.02. The second kappa shape index (κ2) is 7.24. The van der Waals surface area contributed by atoms with E-state index in [0.29, 0.717) is 17.9 Å². The number of ether oxygens (including phenoxy) is 2. The molecule has 0 unspecified atom stereocenters. The molecule has 0 aliphatic carbocycles. The van der Waals surface area contributed by atoms with Gasteiger partial charge in [0.15, 0.2) is 0 Å². The van der Waals surface area contributed by atoms with Crippen molar-refractivity contribution >= 4 is 21.9 Å². The van der Waals surface area contributed by atoms with E-state index < -0.39 is 0 Å². The molecule has 0 heterocycles. The molecule has 0 saturated carbocycles. The highest BCUT2D eigenvalue weighted by Gasteiger charge is 2.06. The van der Waals surface area contributed by atoms with Crippen LogP contribution >= 0.6 is 15.9 Å². The van der Waals surface area contributed by atoms with Crippen molar-refractivity contribution < 1.29 is 19.4 Å². The van der Waals surface area contributed by atoms with Gasteiger partial charge in [0.2, 0.25) is 0 Å². The number of rotatable bonds is 5. The van der Waals surface area contributed by atoms with Crippen molar-refractivity contribution in [3.63, 3.8) is 0 Å². The van der Waals surface area contributed by atoms with E-state index in [9.17, 15) is 9.90 Å². The van der Waals surface area contributed by atoms with E-state index in [0.717, 1.165) is 15.6 Å². The normalized spacial score (nSPS) is 10.2. The molecular weight excluding hydrogens is 336 g/mol. The topological polar surface area (TPSA) is 55.8 Å². The summed E-state index contributed by atoms with van der Waals surface area (Å²) in [4.78, 5) is 11.3. The summed E-state index contributed by atoms with van der Waals surface area (Å²) in [5.74, 6) is 0.274. The fourth-order valence-electron chi connectivity index (χ4n) is 1.83. The summed E-state index contributed by atoms with van der Waals surface area (Å²) in [5, 5.41) is 9.31. The smallest absolute Gasteiger partial charge is 0.337 e. The van der Waals surface area contributed by atoms with Gasteiger partial charge in [0.25, 0.3) is 0 Å². The zero-order valence-electron chi connectivity index (χ0n) is 11.5. The maximum absolute atomic E-state index is 11.3. The van der Waals surface area contributed by atoms with Crippen LogP contribution in [-0.4, -0.2) is 18.2 Å². The van der Waals surface area contributed by atoms with Crippen LogP contribution in [0.2, 0.25) is 0 Å². The molecule has 2 aromatic rings. The predicted molar refractivity (Wildman–Crippen MR) is 82.2 cm³/mol. The van der Waals surface area contributed by atoms with Gasteiger partial charge < -0.3 is 14.6 Å². The number of aliphatic hydroxyl groups is 1. The number of benzene rings is 2. The number of hydrogen-bond donors (Lipinski definition) is 1. The molecule has 0 aliphatic heterocycles. The second-order valence-electron chi connectivity index (χ2n) is 4.39. The van der Waals surface area contributed by atoms with Gasteiger partial charge in [0.1, 0.15) is 12.4 Å². The fraction of sp³-hybridized carbons (Fsp3) is 0.188. The number of aliphatic hydroxyl groups excluding tert-OH is 1. The van der Waals surface area contributed by atoms with Crippen LogP contribution in [0, 0.1) is 0 Å². The van der Waals surface area contributed by atoms with Crippen molar-refractivity contribution in [3.8, 4) is 5.75 Å². The molecule has 4 nitrogen and oxygen atoms in total. The number of hydrogen-bond acceptors (Lipinski definition) is 4. The number of carbonyl (C=O) groups is 1. The Labute approximate surface area is 131 Å². The third-order valence-corrected chi connectivity index (χ3v) is 3.46. The standard InChI is InChI=1S/C16H15BrO4/c1-20-16(19)12-4-2-11(3-5-12)10-21-15-7-6-14(17)8-13(15)9-18/h2-8,18H,9-10H2,1H3. The maximum atomic E-state index is 11.3. The third-order valence-electron chi connectivity index (χ3n) is 2.96. The van der Waals surface area contributed by atoms with Crippen LogP contribution in [0.15, 0.2) is 46.9 Å². The lowest BCUT2D eigenvalue weighted by molar-refractivity contribution is 0.0600. The molecule has 0 bridgehead atoms. The van der Waals surface area contributed by atoms with E-state index in [1.165, 1.54) is 7.11 Å². The van der Waals surface area contributed by atoms with Crippen molar-refractivity contribution in [3.05, 3.63) is 63.6 Å². The van der Waals surface area contributed by atoms with E-state index in [-0.39, 0.29) is 12.6 Å². The molecule has 21 heavy (non-hydrogen) atoms. The van der Waals surface area contributed by atoms with E-state index >= 15 is 0 Å². The van der Waals surface area contributed by atoms with Crippen LogP contribution < -0.4 is 4.74 Å². The average molecular weight is 351 g/mol. The van der Waals surface area contributed by atoms with Crippen molar-refractivity contribution in [1.82, 2.24) is 0 Å². The van der Waals surface area contributed by atoms with E-state index in [1.54, 1.807) is 18.2 Å². The lowest BCUT2D eigenvalue weighted by Gasteiger charge is -2.11. The van der Waals surface area contributed by atoms with Crippen LogP contribution in [0.5, 0.6) is 5.75 Å². The largest absolute Gasteiger partial charge is 0.489 e. The number of halogens is 1. The molecule has 0 atom stereocenters. The van der Waals surface area contributed by atoms with Crippen LogP contribution in [0.1, 0.15) is 21.5 Å². The molecule has 0 spiro atoms. The molecule has 110 valence electrons. The first-order valence-corrected chi connectivity index (χ1v) is 7.12. The van der Waals surface area contributed by atoms with Gasteiger partial charge >= 0.3 is 5.97 Å². The van der Waals surface area contributed by atoms with Gasteiger partial charge in [0.05, 0.1) is 19.3 Å². The summed E-state index contributed by atoms with van der Waals surface area (Å²) in [6.45, 7) is 0.270. The molecule has 0 amide bonds. The summed E-state index contributed by atoms with van der Waals surface area (Å²) in [5.41, 5.74) is 2.14. The van der Waals surface area contributed by atoms with Crippen LogP contribution in [0.25, 0.3) is 0 Å². The highest BCUT2D eigenvalue weighted by molar-refractivity contribution is 9.10. The Balaban J connectivity index is 2.05. The van der Waals surface area contributed by atoms with Gasteiger partial charge in [-0.2, -0.15) is 0 Å². The Hall–Kier alpha value is -1.85. The zero-order chi connectivity index (χ0) is 15.2. The Morgan fingerprint density at radius 2 is 1.90 bits per heavy atom. The van der Waals surface area contributed by atoms with E-state index in [1.807, 2.05) is 24.3 Å². The van der Waals surface area contributed by atoms with Gasteiger partial charge in [0, 0.05) is 10.0 Å². The van der Waals surface area contributed by atoms with Crippen LogP contribution in [0.4, 0.5) is 0 Å². The molecule has 2 rings (SSSR count). The molecule has 0 aromatic heterocycles. The second-order valence-corrected chi connectivity index (χ2v) is 5.30. The molecule has 0 radical (unpaired) electrons. The minimum absolute atomic E-state index is 0.0873. The van der Waals surface area contributed by atoms with Gasteiger partial charge in [-0.25, -0.2) is 4.79 Å². The number of carbonyl (C=O) groups excluding carboxylic acids is 1. The first-order valence-electron chi connectivity index (χ1n) is 6.33. The Morgan fingerprint density at radius 1 is 1.19 bits per heavy atom. The zero-order valence-corrected chi connectivity index (χ0v) is 13.1. The summed E-state index contributed by atoms with van der Waals surface area (Å²) in [7, 11) is 1.35. The molecule has 1 N–H and O–H groups in total. The Morgan fingerprint density at radius 3 is 2.52 bits per heavy atom. The molecule has 2 aromatic carbocycles. The van der Waals surface area contributed by atoms with Gasteiger partial charge in [-0.3, -0.25) is 0 Å². The minimum Gasteiger partial charge on any atom is -0.489 e. The Bertz CT molecular complexity index is 623. The summed E-state index contributed by atoms with van der Waals surface area (Å²) in [6, 6.07) is 12.5. The first-order chi connectivity index (χ1) is 10.1. The van der Waals surface area contributed by atoms with Crippen molar-refractivity contribution in [2.75, 3.05) is 7.11 Å². The summed E-state index contributed by atoms with van der Waals surface area (Å²) in [6.07, 6.45) is 0. The van der Waals surface area contributed by atoms with Crippen LogP contribution in [0.3, 0.4) is 0 Å². The molecular formula is C16H15BrO4. The average Bonchev–Trinajstić information content (AvgIpc) is 2.53. The summed E-state index contributed by atoms with van der Waals surface area (Å²) >= 11 is 3.35. The predicted octanol–water partition coefficient (Wildman–Crippen LogP) is 3.31. The molecule has 0 fully saturated rings. The van der Waals surface area contributed by atoms with Crippen molar-refractivity contribution in [1.29, 1.82) is 0 Å². The third kappa shape index (κ3) is 4.06. The summed E-state index contributed by atoms with van der Waals surface area (Å²) < 4.78 is 11.2. The minimum atomic E-state index is -0.363. The van der Waals surface area contributed by atoms with Crippen molar-refractivity contribution in [2.45, 2.75) is 13.2 Å². The lowest BCUT2D eigenvalue weighted by atomic mass is 10.1. The van der Waals surface area contributed by atoms with Crippen LogP contribution in [-0.2, 0) is 18.0 Å². The van der Waals surface area contributed by atoms with E-state index in [2.05, 4.69) is 20.7 Å². The van der Waals surface area contributed by atoms with E-state index in [4.69, 9.17) is 4.74 Å². The fourth-order valence-corrected chi connectivity index (χ4v) is 2.24. The van der Waals surface area contributed by atoms with Gasteiger partial charge in [-0.1, -0.05) is 28.1 Å². The monoisotopic (exact) mass is 350 g/mol. The first kappa shape index (κ1) is 15.5. The highest BCUT2D eigenvalue weighted by atomic mass is 79.9. The van der Waals surface area contributed by atoms with Crippen molar-refractivity contribution in [2.24, 2.45) is 0 Å². The molecule has 0 saturated heterocycles. The van der Waals surface area contributed by atoms with Gasteiger partial charge in [-0.05, 0) is 35.9 Å². The maximum Gasteiger partial charge on any atom is 0.337 e. The Kier molecular flexibility index (Phi) is 5.36. The molecule has 0 aliphatic rings. The molecule has 5 heteroatoms. The highest BCUT2D eigenvalue weighted by Crippen LogP contribution is 2.24. The van der Waals surface area contributed by atoms with Gasteiger partial charge in [-0.15, -0.1) is 0 Å². The SMILES string of the molecule is COC(=O)c1ccc(COc2ccc(Br)cc2CO)cc1. The number of esters is 1. The number of methoxy groups -OCH3 is 1.